The minimum Gasteiger partial charge on any atom is -0.493 e. The third-order valence-electron chi connectivity index (χ3n) is 5.03. The Bertz CT molecular complexity index is 1520. The van der Waals surface area contributed by atoms with Crippen molar-refractivity contribution in [1.82, 2.24) is 15.6 Å². The molecule has 4 aromatic rings. The monoisotopic (exact) mass is 615 g/mol. The number of rotatable bonds is 13. The van der Waals surface area contributed by atoms with Gasteiger partial charge in [-0.05, 0) is 54.1 Å². The van der Waals surface area contributed by atoms with Crippen molar-refractivity contribution in [2.24, 2.45) is 5.10 Å². The van der Waals surface area contributed by atoms with Gasteiger partial charge >= 0.3 is 0 Å². The standard InChI is InChI=1S/C27H23Cl2N5O6S/c1-37-23-11-17(7-9-22(23)38-14-24(35)31-19-5-3-2-4-6-19)13-30-32-25(36)16-41-27-34-33-26(40-27)15-39-21-10-8-18(28)12-20(21)29/h2-13H,14-16H2,1H3,(H,31,35)(H,32,36)/b30-13-. The van der Waals surface area contributed by atoms with E-state index in [1.165, 1.54) is 13.3 Å². The number of methoxy groups -OCH3 is 1. The van der Waals surface area contributed by atoms with E-state index < -0.39 is 0 Å². The highest BCUT2D eigenvalue weighted by molar-refractivity contribution is 7.99. The fourth-order valence-corrected chi connectivity index (χ4v) is 4.21. The zero-order chi connectivity index (χ0) is 29.0. The summed E-state index contributed by atoms with van der Waals surface area (Å²) in [7, 11) is 1.48. The number of thioether (sulfide) groups is 1. The van der Waals surface area contributed by atoms with E-state index in [9.17, 15) is 9.59 Å². The molecule has 0 atom stereocenters. The van der Waals surface area contributed by atoms with Crippen molar-refractivity contribution in [1.29, 1.82) is 0 Å². The molecule has 0 aliphatic heterocycles. The van der Waals surface area contributed by atoms with Crippen molar-refractivity contribution < 1.29 is 28.2 Å². The maximum atomic E-state index is 12.2. The van der Waals surface area contributed by atoms with Crippen LogP contribution in [0.2, 0.25) is 10.0 Å². The Morgan fingerprint density at radius 2 is 1.78 bits per heavy atom. The fourth-order valence-electron chi connectivity index (χ4n) is 3.17. The first kappa shape index (κ1) is 29.7. The third-order valence-corrected chi connectivity index (χ3v) is 6.38. The van der Waals surface area contributed by atoms with Gasteiger partial charge in [0.25, 0.3) is 22.9 Å². The van der Waals surface area contributed by atoms with Crippen molar-refractivity contribution in [3.8, 4) is 17.2 Å². The van der Waals surface area contributed by atoms with Gasteiger partial charge in [0.1, 0.15) is 5.75 Å². The van der Waals surface area contributed by atoms with Gasteiger partial charge in [0.15, 0.2) is 24.7 Å². The number of anilines is 1. The fraction of sp³-hybridized carbons (Fsp3) is 0.148. The second-order valence-corrected chi connectivity index (χ2v) is 9.79. The lowest BCUT2D eigenvalue weighted by molar-refractivity contribution is -0.119. The van der Waals surface area contributed by atoms with Gasteiger partial charge in [-0.1, -0.05) is 53.2 Å². The van der Waals surface area contributed by atoms with Gasteiger partial charge in [0.2, 0.25) is 0 Å². The van der Waals surface area contributed by atoms with Crippen molar-refractivity contribution in [3.05, 3.63) is 88.2 Å². The summed E-state index contributed by atoms with van der Waals surface area (Å²) in [4.78, 5) is 24.3. The van der Waals surface area contributed by atoms with E-state index in [0.717, 1.165) is 11.8 Å². The Hall–Kier alpha value is -4.26. The molecule has 0 spiro atoms. The molecule has 0 radical (unpaired) electrons. The molecule has 212 valence electrons. The van der Waals surface area contributed by atoms with Crippen LogP contribution < -0.4 is 25.0 Å². The molecule has 4 rings (SSSR count). The van der Waals surface area contributed by atoms with E-state index in [1.807, 2.05) is 18.2 Å². The van der Waals surface area contributed by atoms with Gasteiger partial charge in [-0.25, -0.2) is 5.43 Å². The first-order valence-electron chi connectivity index (χ1n) is 11.9. The molecule has 41 heavy (non-hydrogen) atoms. The number of para-hydroxylation sites is 1. The number of ether oxygens (including phenoxy) is 3. The lowest BCUT2D eigenvalue weighted by Crippen LogP contribution is -2.20. The second kappa shape index (κ2) is 14.9. The molecular weight excluding hydrogens is 593 g/mol. The van der Waals surface area contributed by atoms with Crippen LogP contribution in [0.3, 0.4) is 0 Å². The number of carbonyl (C=O) groups excluding carboxylic acids is 2. The average Bonchev–Trinajstić information content (AvgIpc) is 3.43. The van der Waals surface area contributed by atoms with Crippen molar-refractivity contribution >= 4 is 58.7 Å². The number of hydrazone groups is 1. The highest BCUT2D eigenvalue weighted by atomic mass is 35.5. The maximum Gasteiger partial charge on any atom is 0.277 e. The number of hydrogen-bond acceptors (Lipinski definition) is 10. The molecule has 0 aliphatic carbocycles. The number of hydrogen-bond donors (Lipinski definition) is 2. The number of carbonyl (C=O) groups is 2. The topological polar surface area (TPSA) is 137 Å². The third kappa shape index (κ3) is 9.41. The second-order valence-electron chi connectivity index (χ2n) is 8.02. The van der Waals surface area contributed by atoms with Crippen LogP contribution in [-0.2, 0) is 16.2 Å². The molecule has 0 bridgehead atoms. The highest BCUT2D eigenvalue weighted by Crippen LogP contribution is 2.29. The SMILES string of the molecule is COc1cc(/C=N\NC(=O)CSc2nnc(COc3ccc(Cl)cc3Cl)o2)ccc1OCC(=O)Nc1ccccc1. The first-order chi connectivity index (χ1) is 19.9. The highest BCUT2D eigenvalue weighted by Gasteiger charge is 2.12. The van der Waals surface area contributed by atoms with Gasteiger partial charge in [-0.15, -0.1) is 10.2 Å². The Morgan fingerprint density at radius 3 is 2.56 bits per heavy atom. The molecule has 3 aromatic carbocycles. The van der Waals surface area contributed by atoms with Crippen LogP contribution in [-0.4, -0.2) is 47.7 Å². The summed E-state index contributed by atoms with van der Waals surface area (Å²) in [6, 6.07) is 18.9. The molecule has 0 aliphatic rings. The molecule has 0 saturated carbocycles. The van der Waals surface area contributed by atoms with Crippen LogP contribution in [0.15, 0.2) is 81.5 Å². The van der Waals surface area contributed by atoms with Crippen LogP contribution in [0.1, 0.15) is 11.5 Å². The van der Waals surface area contributed by atoms with Crippen molar-refractivity contribution in [3.63, 3.8) is 0 Å². The van der Waals surface area contributed by atoms with E-state index in [0.29, 0.717) is 38.5 Å². The lowest BCUT2D eigenvalue weighted by Gasteiger charge is -2.11. The van der Waals surface area contributed by atoms with Crippen molar-refractivity contribution in [2.45, 2.75) is 11.8 Å². The zero-order valence-electron chi connectivity index (χ0n) is 21.5. The van der Waals surface area contributed by atoms with Gasteiger partial charge in [-0.3, -0.25) is 9.59 Å². The molecule has 0 fully saturated rings. The molecule has 0 unspecified atom stereocenters. The van der Waals surface area contributed by atoms with E-state index in [-0.39, 0.29) is 41.9 Å². The van der Waals surface area contributed by atoms with Gasteiger partial charge in [-0.2, -0.15) is 5.10 Å². The van der Waals surface area contributed by atoms with E-state index in [1.54, 1.807) is 48.5 Å². The minimum absolute atomic E-state index is 0.000418. The van der Waals surface area contributed by atoms with Gasteiger partial charge in [0, 0.05) is 10.7 Å². The average molecular weight is 616 g/mol. The summed E-state index contributed by atoms with van der Waals surface area (Å²) in [6.45, 7) is -0.197. The largest absolute Gasteiger partial charge is 0.493 e. The normalized spacial score (nSPS) is 10.8. The minimum atomic E-state index is -0.383. The van der Waals surface area contributed by atoms with Crippen LogP contribution in [0.25, 0.3) is 0 Å². The molecule has 2 N–H and O–H groups in total. The Labute approximate surface area is 249 Å². The van der Waals surface area contributed by atoms with Crippen molar-refractivity contribution in [2.75, 3.05) is 24.8 Å². The number of nitrogens with zero attached hydrogens (tertiary/aromatic N) is 3. The summed E-state index contributed by atoms with van der Waals surface area (Å²) >= 11 is 13.0. The molecule has 1 aromatic heterocycles. The number of benzene rings is 3. The number of halogens is 2. The van der Waals surface area contributed by atoms with Crippen LogP contribution >= 0.6 is 35.0 Å². The summed E-state index contributed by atoms with van der Waals surface area (Å²) in [6.07, 6.45) is 1.45. The number of amides is 2. The number of nitrogens with one attached hydrogen (secondary N) is 2. The first-order valence-corrected chi connectivity index (χ1v) is 13.6. The van der Waals surface area contributed by atoms with Gasteiger partial charge < -0.3 is 23.9 Å². The number of aromatic nitrogens is 2. The lowest BCUT2D eigenvalue weighted by atomic mass is 10.2. The Morgan fingerprint density at radius 1 is 0.976 bits per heavy atom. The maximum absolute atomic E-state index is 12.2. The summed E-state index contributed by atoms with van der Waals surface area (Å²) < 4.78 is 22.0. The molecule has 0 saturated heterocycles. The molecule has 14 heteroatoms. The molecule has 2 amide bonds. The predicted molar refractivity (Wildman–Crippen MR) is 155 cm³/mol. The summed E-state index contributed by atoms with van der Waals surface area (Å²) in [5.41, 5.74) is 3.74. The van der Waals surface area contributed by atoms with Crippen LogP contribution in [0.4, 0.5) is 5.69 Å². The summed E-state index contributed by atoms with van der Waals surface area (Å²) in [5.74, 6) is 0.724. The predicted octanol–water partition coefficient (Wildman–Crippen LogP) is 5.22. The quantitative estimate of drug-likeness (QED) is 0.118. The summed E-state index contributed by atoms with van der Waals surface area (Å²) in [5, 5.41) is 15.5. The zero-order valence-corrected chi connectivity index (χ0v) is 23.8. The smallest absolute Gasteiger partial charge is 0.277 e. The van der Waals surface area contributed by atoms with Crippen LogP contribution in [0, 0.1) is 0 Å². The van der Waals surface area contributed by atoms with E-state index >= 15 is 0 Å². The Balaban J connectivity index is 1.20. The van der Waals surface area contributed by atoms with E-state index in [2.05, 4.69) is 26.0 Å². The van der Waals surface area contributed by atoms with Crippen LogP contribution in [0.5, 0.6) is 17.2 Å². The molecular formula is C27H23Cl2N5O6S. The van der Waals surface area contributed by atoms with E-state index in [4.69, 9.17) is 41.8 Å². The Kier molecular flexibility index (Phi) is 10.8. The molecule has 1 heterocycles. The van der Waals surface area contributed by atoms with Gasteiger partial charge in [0.05, 0.1) is 24.1 Å². The molecule has 11 nitrogen and oxygen atoms in total.